The molecule has 0 bridgehead atoms. The molecule has 0 fully saturated rings. The zero-order valence-electron chi connectivity index (χ0n) is 40.0. The molecule has 348 valence electrons. The molecule has 0 saturated carbocycles. The first kappa shape index (κ1) is 57.8. The highest BCUT2D eigenvalue weighted by atomic mass is 16.3. The summed E-state index contributed by atoms with van der Waals surface area (Å²) >= 11 is 0. The minimum atomic E-state index is -0.657. The molecule has 2 unspecified atom stereocenters. The molecule has 2 atom stereocenters. The number of rotatable bonds is 47. The van der Waals surface area contributed by atoms with Crippen LogP contribution in [-0.2, 0) is 4.79 Å². The van der Waals surface area contributed by atoms with E-state index in [1.165, 1.54) is 167 Å². The molecule has 0 spiro atoms. The van der Waals surface area contributed by atoms with Crippen molar-refractivity contribution >= 4 is 5.91 Å². The van der Waals surface area contributed by atoms with E-state index in [0.29, 0.717) is 12.8 Å². The Hall–Kier alpha value is -2.17. The molecule has 4 heteroatoms. The van der Waals surface area contributed by atoms with Gasteiger partial charge < -0.3 is 15.5 Å². The van der Waals surface area contributed by atoms with E-state index >= 15 is 0 Å². The number of amides is 1. The van der Waals surface area contributed by atoms with Crippen molar-refractivity contribution in [2.45, 2.75) is 270 Å². The number of hydrogen-bond acceptors (Lipinski definition) is 3. The normalized spacial score (nSPS) is 13.5. The molecule has 0 aliphatic carbocycles. The molecule has 4 nitrogen and oxygen atoms in total. The second-order valence-corrected chi connectivity index (χ2v) is 17.6. The topological polar surface area (TPSA) is 69.6 Å². The Morgan fingerprint density at radius 1 is 0.417 bits per heavy atom. The van der Waals surface area contributed by atoms with Crippen LogP contribution in [0.2, 0.25) is 0 Å². The van der Waals surface area contributed by atoms with Gasteiger partial charge in [0, 0.05) is 6.42 Å². The molecule has 0 aliphatic heterocycles. The molecule has 0 aliphatic rings. The monoisotopic (exact) mass is 836 g/mol. The van der Waals surface area contributed by atoms with Gasteiger partial charge in [-0.2, -0.15) is 0 Å². The molecule has 0 saturated heterocycles. The van der Waals surface area contributed by atoms with Crippen molar-refractivity contribution < 1.29 is 15.0 Å². The average Bonchev–Trinajstić information content (AvgIpc) is 3.25. The van der Waals surface area contributed by atoms with Crippen molar-refractivity contribution in [3.8, 4) is 0 Å². The van der Waals surface area contributed by atoms with Gasteiger partial charge in [-0.05, 0) is 64.2 Å². The van der Waals surface area contributed by atoms with Crippen LogP contribution < -0.4 is 5.32 Å². The van der Waals surface area contributed by atoms with Crippen LogP contribution in [-0.4, -0.2) is 34.9 Å². The lowest BCUT2D eigenvalue weighted by molar-refractivity contribution is -0.123. The predicted molar refractivity (Wildman–Crippen MR) is 267 cm³/mol. The van der Waals surface area contributed by atoms with Gasteiger partial charge in [0.1, 0.15) is 0 Å². The highest BCUT2D eigenvalue weighted by Crippen LogP contribution is 2.16. The number of carbonyl (C=O) groups excluding carboxylic acids is 1. The number of nitrogens with one attached hydrogen (secondary N) is 1. The number of aliphatic hydroxyl groups is 2. The lowest BCUT2D eigenvalue weighted by atomic mass is 10.0. The maximum atomic E-state index is 12.4. The van der Waals surface area contributed by atoms with Crippen LogP contribution in [0, 0.1) is 0 Å². The van der Waals surface area contributed by atoms with Crippen LogP contribution in [0.4, 0.5) is 0 Å². The zero-order chi connectivity index (χ0) is 43.5. The summed E-state index contributed by atoms with van der Waals surface area (Å²) < 4.78 is 0. The third-order valence-electron chi connectivity index (χ3n) is 11.7. The van der Waals surface area contributed by atoms with E-state index in [9.17, 15) is 15.0 Å². The van der Waals surface area contributed by atoms with Gasteiger partial charge in [0.15, 0.2) is 0 Å². The molecule has 0 aromatic heterocycles. The van der Waals surface area contributed by atoms with Crippen LogP contribution >= 0.6 is 0 Å². The minimum absolute atomic E-state index is 0.0325. The standard InChI is InChI=1S/C56H101NO3/c1-3-5-7-9-11-13-14-15-16-17-18-19-20-21-22-23-24-25-26-27-28-29-30-31-32-33-34-35-36-37-38-39-40-41-42-44-46-48-50-52-56(60)57-54(53-58)55(59)51-49-47-45-43-12-10-8-6-4-2/h5,7,11,13,15-16,18-19,21-22,24-25,54-55,58-59H,3-4,6,8-10,12,14,17,20,23,26-53H2,1-2H3,(H,57,60)/b7-5-,13-11-,16-15-,19-18-,22-21-,25-24-. The maximum absolute atomic E-state index is 12.4. The van der Waals surface area contributed by atoms with Crippen molar-refractivity contribution in [3.05, 3.63) is 72.9 Å². The molecule has 0 aromatic carbocycles. The van der Waals surface area contributed by atoms with Crippen molar-refractivity contribution in [3.63, 3.8) is 0 Å². The summed E-state index contributed by atoms with van der Waals surface area (Å²) in [7, 11) is 0. The number of aliphatic hydroxyl groups excluding tert-OH is 2. The zero-order valence-corrected chi connectivity index (χ0v) is 40.0. The fraction of sp³-hybridized carbons (Fsp3) is 0.768. The highest BCUT2D eigenvalue weighted by Gasteiger charge is 2.20. The summed E-state index contributed by atoms with van der Waals surface area (Å²) in [6.45, 7) is 4.22. The fourth-order valence-corrected chi connectivity index (χ4v) is 7.78. The molecule has 60 heavy (non-hydrogen) atoms. The first-order chi connectivity index (χ1) is 29.7. The first-order valence-electron chi connectivity index (χ1n) is 26.1. The van der Waals surface area contributed by atoms with Gasteiger partial charge in [-0.1, -0.05) is 260 Å². The SMILES string of the molecule is CC/C=C\C/C=C\C/C=C\C/C=C\C/C=C\C/C=C\CCCCCCCCCCCCCCCCCCCCCCC(=O)NC(CO)C(O)CCCCCCCCCCC. The van der Waals surface area contributed by atoms with Gasteiger partial charge in [0.2, 0.25) is 5.91 Å². The molecule has 0 aromatic rings. The Kier molecular flexibility index (Phi) is 49.3. The van der Waals surface area contributed by atoms with Crippen LogP contribution in [0.1, 0.15) is 258 Å². The molecule has 1 amide bonds. The van der Waals surface area contributed by atoms with Crippen LogP contribution in [0.15, 0.2) is 72.9 Å². The predicted octanol–water partition coefficient (Wildman–Crippen LogP) is 17.0. The third-order valence-corrected chi connectivity index (χ3v) is 11.7. The second-order valence-electron chi connectivity index (χ2n) is 17.6. The average molecular weight is 836 g/mol. The maximum Gasteiger partial charge on any atom is 0.220 e. The summed E-state index contributed by atoms with van der Waals surface area (Å²) in [5, 5.41) is 23.1. The van der Waals surface area contributed by atoms with Crippen LogP contribution in [0.5, 0.6) is 0 Å². The lowest BCUT2D eigenvalue weighted by Crippen LogP contribution is -2.45. The van der Waals surface area contributed by atoms with Crippen LogP contribution in [0.25, 0.3) is 0 Å². The Bertz CT molecular complexity index is 1040. The Morgan fingerprint density at radius 3 is 1.10 bits per heavy atom. The molecule has 0 heterocycles. The van der Waals surface area contributed by atoms with Gasteiger partial charge in [-0.15, -0.1) is 0 Å². The third kappa shape index (κ3) is 46.9. The summed E-state index contributed by atoms with van der Waals surface area (Å²) in [6.07, 6.45) is 73.2. The van der Waals surface area contributed by atoms with E-state index in [1.54, 1.807) is 0 Å². The van der Waals surface area contributed by atoms with Gasteiger partial charge in [0.05, 0.1) is 18.8 Å². The van der Waals surface area contributed by atoms with E-state index < -0.39 is 12.1 Å². The fourth-order valence-electron chi connectivity index (χ4n) is 7.78. The van der Waals surface area contributed by atoms with Crippen molar-refractivity contribution in [2.75, 3.05) is 6.61 Å². The van der Waals surface area contributed by atoms with Crippen molar-refractivity contribution in [1.82, 2.24) is 5.32 Å². The molecule has 3 N–H and O–H groups in total. The summed E-state index contributed by atoms with van der Waals surface area (Å²) in [5.41, 5.74) is 0. The van der Waals surface area contributed by atoms with E-state index in [4.69, 9.17) is 0 Å². The van der Waals surface area contributed by atoms with Crippen molar-refractivity contribution in [2.24, 2.45) is 0 Å². The van der Waals surface area contributed by atoms with E-state index in [0.717, 1.165) is 64.2 Å². The summed E-state index contributed by atoms with van der Waals surface area (Å²) in [5.74, 6) is -0.0325. The van der Waals surface area contributed by atoms with E-state index in [2.05, 4.69) is 92.1 Å². The molecule has 0 rings (SSSR count). The van der Waals surface area contributed by atoms with Crippen molar-refractivity contribution in [1.29, 1.82) is 0 Å². The van der Waals surface area contributed by atoms with E-state index in [-0.39, 0.29) is 12.5 Å². The van der Waals surface area contributed by atoms with Gasteiger partial charge in [0.25, 0.3) is 0 Å². The van der Waals surface area contributed by atoms with E-state index in [1.807, 2.05) is 0 Å². The molecule has 0 radical (unpaired) electrons. The molecular weight excluding hydrogens is 735 g/mol. The smallest absolute Gasteiger partial charge is 0.220 e. The van der Waals surface area contributed by atoms with Gasteiger partial charge >= 0.3 is 0 Å². The quantitative estimate of drug-likeness (QED) is 0.0422. The number of hydrogen-bond donors (Lipinski definition) is 3. The summed E-state index contributed by atoms with van der Waals surface area (Å²) in [4.78, 5) is 12.4. The minimum Gasteiger partial charge on any atom is -0.394 e. The van der Waals surface area contributed by atoms with Gasteiger partial charge in [-0.3, -0.25) is 4.79 Å². The number of unbranched alkanes of at least 4 members (excludes halogenated alkanes) is 28. The highest BCUT2D eigenvalue weighted by molar-refractivity contribution is 5.76. The number of allylic oxidation sites excluding steroid dienone is 12. The molecular formula is C56H101NO3. The first-order valence-corrected chi connectivity index (χ1v) is 26.1. The van der Waals surface area contributed by atoms with Crippen LogP contribution in [0.3, 0.4) is 0 Å². The Balaban J connectivity index is 3.41. The number of carbonyl (C=O) groups is 1. The van der Waals surface area contributed by atoms with Gasteiger partial charge in [-0.25, -0.2) is 0 Å². The largest absolute Gasteiger partial charge is 0.394 e. The second kappa shape index (κ2) is 51.2. The summed E-state index contributed by atoms with van der Waals surface area (Å²) in [6, 6.07) is -0.534. The lowest BCUT2D eigenvalue weighted by Gasteiger charge is -2.22. The Labute approximate surface area is 374 Å². The Morgan fingerprint density at radius 2 is 0.733 bits per heavy atom.